The van der Waals surface area contributed by atoms with Gasteiger partial charge in [-0.25, -0.2) is 0 Å². The van der Waals surface area contributed by atoms with Crippen molar-refractivity contribution in [2.45, 2.75) is 26.2 Å². The molecule has 0 fully saturated rings. The van der Waals surface area contributed by atoms with Gasteiger partial charge in [0, 0.05) is 6.61 Å². The van der Waals surface area contributed by atoms with Gasteiger partial charge in [-0.2, -0.15) is 0 Å². The molecule has 11 heavy (non-hydrogen) atoms. The minimum Gasteiger partial charge on any atom is -0.785 e. The van der Waals surface area contributed by atoms with Gasteiger partial charge in [-0.15, -0.1) is 0 Å². The van der Waals surface area contributed by atoms with E-state index >= 15 is 0 Å². The van der Waals surface area contributed by atoms with Crippen LogP contribution in [0.25, 0.3) is 0 Å². The van der Waals surface area contributed by atoms with Crippen molar-refractivity contribution in [1.82, 2.24) is 5.06 Å². The molecule has 1 N–H and O–H groups in total. The van der Waals surface area contributed by atoms with Gasteiger partial charge >= 0.3 is 0 Å². The van der Waals surface area contributed by atoms with Crippen LogP contribution < -0.4 is 0 Å². The van der Waals surface area contributed by atoms with Crippen LogP contribution in [0.15, 0.2) is 0 Å². The average Bonchev–Trinajstić information content (AvgIpc) is 1.87. The molecule has 0 saturated carbocycles. The number of rotatable bonds is 6. The molecular formula is C8H18NO2-. The zero-order chi connectivity index (χ0) is 8.69. The van der Waals surface area contributed by atoms with E-state index in [1.54, 1.807) is 0 Å². The number of aliphatic hydroxyl groups excluding tert-OH is 1. The molecule has 1 atom stereocenters. The molecule has 68 valence electrons. The molecule has 0 saturated heterocycles. The summed E-state index contributed by atoms with van der Waals surface area (Å²) in [6.07, 6.45) is 2.87. The number of hydrogen-bond acceptors (Lipinski definition) is 3. The molecule has 3 nitrogen and oxygen atoms in total. The Morgan fingerprint density at radius 3 is 2.45 bits per heavy atom. The molecule has 0 aromatic heterocycles. The highest BCUT2D eigenvalue weighted by Crippen LogP contribution is 2.11. The Morgan fingerprint density at radius 2 is 2.09 bits per heavy atom. The fraction of sp³-hybridized carbons (Fsp3) is 1.00. The van der Waals surface area contributed by atoms with Gasteiger partial charge in [0.1, 0.15) is 0 Å². The van der Waals surface area contributed by atoms with Crippen molar-refractivity contribution in [1.29, 1.82) is 0 Å². The Bertz CT molecular complexity index is 80.2. The lowest BCUT2D eigenvalue weighted by Crippen LogP contribution is -2.20. The number of hydrogen-bond donors (Lipinski definition) is 1. The lowest BCUT2D eigenvalue weighted by atomic mass is 10.0. The average molecular weight is 160 g/mol. The zero-order valence-corrected chi connectivity index (χ0v) is 7.42. The minimum atomic E-state index is 0.193. The van der Waals surface area contributed by atoms with Gasteiger partial charge < -0.3 is 15.4 Å². The second kappa shape index (κ2) is 6.58. The van der Waals surface area contributed by atoms with Gasteiger partial charge in [0.15, 0.2) is 0 Å². The highest BCUT2D eigenvalue weighted by molar-refractivity contribution is 4.62. The summed E-state index contributed by atoms with van der Waals surface area (Å²) in [5.41, 5.74) is 0. The fourth-order valence-electron chi connectivity index (χ4n) is 1.28. The topological polar surface area (TPSA) is 46.5 Å². The Balaban J connectivity index is 3.50. The number of nitrogens with zero attached hydrogens (tertiary/aromatic N) is 1. The molecule has 3 heteroatoms. The molecule has 0 aliphatic rings. The summed E-state index contributed by atoms with van der Waals surface area (Å²) in [7, 11) is 1.53. The monoisotopic (exact) mass is 160 g/mol. The first-order valence-corrected chi connectivity index (χ1v) is 4.19. The number of hydroxylamine groups is 2. The largest absolute Gasteiger partial charge is 0.785 e. The smallest absolute Gasteiger partial charge is 0.0434 e. The van der Waals surface area contributed by atoms with Crippen molar-refractivity contribution >= 4 is 0 Å². The van der Waals surface area contributed by atoms with Gasteiger partial charge in [-0.3, -0.25) is 0 Å². The summed E-state index contributed by atoms with van der Waals surface area (Å²) in [5.74, 6) is 0.368. The Morgan fingerprint density at radius 1 is 1.45 bits per heavy atom. The maximum Gasteiger partial charge on any atom is 0.0434 e. The van der Waals surface area contributed by atoms with E-state index in [1.807, 2.05) is 0 Å². The van der Waals surface area contributed by atoms with Crippen LogP contribution in [0.4, 0.5) is 0 Å². The van der Waals surface area contributed by atoms with E-state index in [2.05, 4.69) is 6.92 Å². The second-order valence-corrected chi connectivity index (χ2v) is 2.98. The summed E-state index contributed by atoms with van der Waals surface area (Å²) in [6.45, 7) is 2.84. The molecule has 0 spiro atoms. The summed E-state index contributed by atoms with van der Waals surface area (Å²) >= 11 is 0. The quantitative estimate of drug-likeness (QED) is 0.594. The van der Waals surface area contributed by atoms with Crippen molar-refractivity contribution in [2.75, 3.05) is 20.2 Å². The van der Waals surface area contributed by atoms with Crippen molar-refractivity contribution in [2.24, 2.45) is 5.92 Å². The van der Waals surface area contributed by atoms with Gasteiger partial charge in [-0.05, 0) is 32.4 Å². The van der Waals surface area contributed by atoms with Gasteiger partial charge in [0.2, 0.25) is 0 Å². The van der Waals surface area contributed by atoms with Gasteiger partial charge in [0.05, 0.1) is 0 Å². The fourth-order valence-corrected chi connectivity index (χ4v) is 1.28. The van der Waals surface area contributed by atoms with E-state index in [0.717, 1.165) is 24.3 Å². The van der Waals surface area contributed by atoms with E-state index in [9.17, 15) is 5.21 Å². The van der Waals surface area contributed by atoms with E-state index in [-0.39, 0.29) is 6.61 Å². The van der Waals surface area contributed by atoms with Gasteiger partial charge in [0.25, 0.3) is 0 Å². The third kappa shape index (κ3) is 6.28. The maximum absolute atomic E-state index is 10.6. The SMILES string of the molecule is CCCC(CCO)CN(C)[O-]. The van der Waals surface area contributed by atoms with E-state index in [0.29, 0.717) is 12.5 Å². The second-order valence-electron chi connectivity index (χ2n) is 2.98. The van der Waals surface area contributed by atoms with Crippen LogP contribution in [-0.2, 0) is 0 Å². The molecule has 0 aromatic carbocycles. The highest BCUT2D eigenvalue weighted by atomic mass is 16.5. The maximum atomic E-state index is 10.6. The molecule has 0 aliphatic carbocycles. The first-order chi connectivity index (χ1) is 5.20. The lowest BCUT2D eigenvalue weighted by Gasteiger charge is -2.27. The van der Waals surface area contributed by atoms with Crippen LogP contribution in [0.5, 0.6) is 0 Å². The molecule has 0 aromatic rings. The van der Waals surface area contributed by atoms with E-state index in [4.69, 9.17) is 5.11 Å². The lowest BCUT2D eigenvalue weighted by molar-refractivity contribution is 0.229. The van der Waals surface area contributed by atoms with Crippen molar-refractivity contribution < 1.29 is 5.11 Å². The third-order valence-corrected chi connectivity index (χ3v) is 1.75. The van der Waals surface area contributed by atoms with Crippen LogP contribution >= 0.6 is 0 Å². The third-order valence-electron chi connectivity index (χ3n) is 1.75. The summed E-state index contributed by atoms with van der Waals surface area (Å²) in [4.78, 5) is 0. The van der Waals surface area contributed by atoms with Crippen LogP contribution in [0.2, 0.25) is 0 Å². The summed E-state index contributed by atoms with van der Waals surface area (Å²) in [5, 5.41) is 20.2. The van der Waals surface area contributed by atoms with Crippen molar-refractivity contribution in [3.05, 3.63) is 5.21 Å². The van der Waals surface area contributed by atoms with Crippen LogP contribution in [0.3, 0.4) is 0 Å². The molecule has 0 radical (unpaired) electrons. The highest BCUT2D eigenvalue weighted by Gasteiger charge is 2.05. The molecule has 0 aliphatic heterocycles. The Kier molecular flexibility index (Phi) is 6.51. The van der Waals surface area contributed by atoms with E-state index < -0.39 is 0 Å². The molecule has 1 unspecified atom stereocenters. The molecule has 0 bridgehead atoms. The predicted molar refractivity (Wildman–Crippen MR) is 46.1 cm³/mol. The Hall–Kier alpha value is -0.120. The molecular weight excluding hydrogens is 142 g/mol. The predicted octanol–water partition coefficient (Wildman–Crippen LogP) is 1.21. The van der Waals surface area contributed by atoms with Crippen LogP contribution in [-0.4, -0.2) is 30.4 Å². The first kappa shape index (κ1) is 10.9. The Labute approximate surface area is 68.6 Å². The van der Waals surface area contributed by atoms with E-state index in [1.165, 1.54) is 7.05 Å². The number of aliphatic hydroxyl groups is 1. The van der Waals surface area contributed by atoms with Crippen LogP contribution in [0, 0.1) is 11.1 Å². The van der Waals surface area contributed by atoms with Crippen molar-refractivity contribution in [3.63, 3.8) is 0 Å². The minimum absolute atomic E-state index is 0.193. The van der Waals surface area contributed by atoms with Gasteiger partial charge in [-0.1, -0.05) is 13.3 Å². The molecule has 0 rings (SSSR count). The van der Waals surface area contributed by atoms with Crippen LogP contribution in [0.1, 0.15) is 26.2 Å². The molecule has 0 amide bonds. The normalized spacial score (nSPS) is 13.9. The zero-order valence-electron chi connectivity index (χ0n) is 7.42. The molecule has 0 heterocycles. The summed E-state index contributed by atoms with van der Waals surface area (Å²) in [6, 6.07) is 0. The van der Waals surface area contributed by atoms with Crippen molar-refractivity contribution in [3.8, 4) is 0 Å². The summed E-state index contributed by atoms with van der Waals surface area (Å²) < 4.78 is 0. The first-order valence-electron chi connectivity index (χ1n) is 4.19. The standard InChI is InChI=1S/C8H18NO2/c1-3-4-8(5-6-10)7-9(2)11/h8,10H,3-7H2,1-2H3/q-1.